The number of hydrogen-bond donors (Lipinski definition) is 2. The first-order valence-corrected chi connectivity index (χ1v) is 7.85. The number of anilines is 2. The van der Waals surface area contributed by atoms with Crippen LogP contribution in [0.4, 0.5) is 11.4 Å². The molecule has 0 fully saturated rings. The fourth-order valence-corrected chi connectivity index (χ4v) is 3.37. The Balaban J connectivity index is 2.45. The minimum absolute atomic E-state index is 0.0185. The van der Waals surface area contributed by atoms with Crippen molar-refractivity contribution in [2.45, 2.75) is 18.7 Å². The summed E-state index contributed by atoms with van der Waals surface area (Å²) in [5.41, 5.74) is 8.48. The summed E-state index contributed by atoms with van der Waals surface area (Å²) in [5.74, 6) is 0.251. The predicted molar refractivity (Wildman–Crippen MR) is 84.1 cm³/mol. The fraction of sp³-hybridized carbons (Fsp3) is 0.200. The monoisotopic (exact) mass is 306 g/mol. The van der Waals surface area contributed by atoms with E-state index in [2.05, 4.69) is 4.72 Å². The zero-order chi connectivity index (χ0) is 15.6. The Morgan fingerprint density at radius 2 is 1.81 bits per heavy atom. The average Bonchev–Trinajstić information content (AvgIpc) is 2.42. The third kappa shape index (κ3) is 3.28. The van der Waals surface area contributed by atoms with Crippen LogP contribution in [0.1, 0.15) is 11.1 Å². The first-order valence-electron chi connectivity index (χ1n) is 6.37. The number of rotatable bonds is 4. The number of nitrogen functional groups attached to an aromatic ring is 1. The molecule has 0 heterocycles. The van der Waals surface area contributed by atoms with Gasteiger partial charge in [0.1, 0.15) is 10.6 Å². The van der Waals surface area contributed by atoms with E-state index in [1.54, 1.807) is 12.1 Å². The molecule has 0 aliphatic rings. The predicted octanol–water partition coefficient (Wildman–Crippen LogP) is 2.70. The summed E-state index contributed by atoms with van der Waals surface area (Å²) in [5, 5.41) is 0. The second-order valence-electron chi connectivity index (χ2n) is 4.83. The Morgan fingerprint density at radius 1 is 1.10 bits per heavy atom. The van der Waals surface area contributed by atoms with Crippen LogP contribution in [0.5, 0.6) is 5.75 Å². The molecule has 21 heavy (non-hydrogen) atoms. The second-order valence-corrected chi connectivity index (χ2v) is 6.48. The molecule has 6 heteroatoms. The van der Waals surface area contributed by atoms with Gasteiger partial charge in [0, 0.05) is 5.69 Å². The van der Waals surface area contributed by atoms with E-state index in [0.29, 0.717) is 11.4 Å². The number of aryl methyl sites for hydroxylation is 2. The molecule has 2 aromatic rings. The van der Waals surface area contributed by atoms with E-state index in [1.165, 1.54) is 19.2 Å². The quantitative estimate of drug-likeness (QED) is 0.851. The lowest BCUT2D eigenvalue weighted by Crippen LogP contribution is -2.15. The van der Waals surface area contributed by atoms with Crippen molar-refractivity contribution in [3.63, 3.8) is 0 Å². The van der Waals surface area contributed by atoms with Gasteiger partial charge in [-0.2, -0.15) is 0 Å². The number of benzene rings is 2. The molecule has 0 aliphatic carbocycles. The molecule has 0 saturated carbocycles. The van der Waals surface area contributed by atoms with E-state index in [4.69, 9.17) is 10.5 Å². The fourth-order valence-electron chi connectivity index (χ4n) is 2.03. The minimum Gasteiger partial charge on any atom is -0.495 e. The van der Waals surface area contributed by atoms with Gasteiger partial charge in [0.2, 0.25) is 0 Å². The van der Waals surface area contributed by atoms with Crippen molar-refractivity contribution >= 4 is 21.4 Å². The SMILES string of the molecule is COc1ccc(N)cc1S(=O)(=O)Nc1ccc(C)cc1C. The maximum atomic E-state index is 12.5. The molecule has 0 bridgehead atoms. The molecule has 0 radical (unpaired) electrons. The van der Waals surface area contributed by atoms with E-state index in [1.807, 2.05) is 26.0 Å². The minimum atomic E-state index is -3.77. The van der Waals surface area contributed by atoms with Crippen molar-refractivity contribution in [1.29, 1.82) is 0 Å². The lowest BCUT2D eigenvalue weighted by atomic mass is 10.1. The molecule has 0 spiro atoms. The Labute approximate surface area is 124 Å². The van der Waals surface area contributed by atoms with Crippen molar-refractivity contribution in [2.75, 3.05) is 17.6 Å². The van der Waals surface area contributed by atoms with Crippen LogP contribution in [0.25, 0.3) is 0 Å². The maximum Gasteiger partial charge on any atom is 0.265 e. The van der Waals surface area contributed by atoms with Crippen LogP contribution >= 0.6 is 0 Å². The van der Waals surface area contributed by atoms with Gasteiger partial charge in [-0.05, 0) is 43.7 Å². The zero-order valence-electron chi connectivity index (χ0n) is 12.2. The van der Waals surface area contributed by atoms with Gasteiger partial charge in [0.05, 0.1) is 12.8 Å². The highest BCUT2D eigenvalue weighted by atomic mass is 32.2. The Kier molecular flexibility index (Phi) is 4.09. The summed E-state index contributed by atoms with van der Waals surface area (Å²) in [6.07, 6.45) is 0. The zero-order valence-corrected chi connectivity index (χ0v) is 13.0. The van der Waals surface area contributed by atoms with Gasteiger partial charge >= 0.3 is 0 Å². The summed E-state index contributed by atoms with van der Waals surface area (Å²) >= 11 is 0. The smallest absolute Gasteiger partial charge is 0.265 e. The molecule has 0 saturated heterocycles. The number of methoxy groups -OCH3 is 1. The summed E-state index contributed by atoms with van der Waals surface area (Å²) in [7, 11) is -2.35. The van der Waals surface area contributed by atoms with Gasteiger partial charge in [-0.1, -0.05) is 17.7 Å². The topological polar surface area (TPSA) is 81.4 Å². The Bertz CT molecular complexity index is 770. The molecular formula is C15H18N2O3S. The number of hydrogen-bond acceptors (Lipinski definition) is 4. The second kappa shape index (κ2) is 5.65. The van der Waals surface area contributed by atoms with Gasteiger partial charge in [-0.15, -0.1) is 0 Å². The Hall–Kier alpha value is -2.21. The standard InChI is InChI=1S/C15H18N2O3S/c1-10-4-6-13(11(2)8-10)17-21(18,19)15-9-12(16)5-7-14(15)20-3/h4-9,17H,16H2,1-3H3. The third-order valence-electron chi connectivity index (χ3n) is 3.10. The normalized spacial score (nSPS) is 11.2. The average molecular weight is 306 g/mol. The number of nitrogens with two attached hydrogens (primary N) is 1. The van der Waals surface area contributed by atoms with Gasteiger partial charge in [0.15, 0.2) is 0 Å². The molecule has 0 aromatic heterocycles. The van der Waals surface area contributed by atoms with E-state index >= 15 is 0 Å². The molecule has 0 unspecified atom stereocenters. The van der Waals surface area contributed by atoms with Gasteiger partial charge in [0.25, 0.3) is 10.0 Å². The lowest BCUT2D eigenvalue weighted by molar-refractivity contribution is 0.403. The first-order chi connectivity index (χ1) is 9.83. The summed E-state index contributed by atoms with van der Waals surface area (Å²) in [6, 6.07) is 10.0. The van der Waals surface area contributed by atoms with Crippen LogP contribution in [0.2, 0.25) is 0 Å². The van der Waals surface area contributed by atoms with Crippen LogP contribution < -0.4 is 15.2 Å². The van der Waals surface area contributed by atoms with Crippen LogP contribution in [0.15, 0.2) is 41.3 Å². The summed E-state index contributed by atoms with van der Waals surface area (Å²) in [4.78, 5) is 0.0185. The van der Waals surface area contributed by atoms with Crippen LogP contribution in [0.3, 0.4) is 0 Å². The highest BCUT2D eigenvalue weighted by molar-refractivity contribution is 7.92. The lowest BCUT2D eigenvalue weighted by Gasteiger charge is -2.14. The molecule has 2 rings (SSSR count). The molecule has 0 amide bonds. The maximum absolute atomic E-state index is 12.5. The van der Waals surface area contributed by atoms with Gasteiger partial charge < -0.3 is 10.5 Å². The highest BCUT2D eigenvalue weighted by Crippen LogP contribution is 2.28. The van der Waals surface area contributed by atoms with Crippen molar-refractivity contribution in [1.82, 2.24) is 0 Å². The van der Waals surface area contributed by atoms with Crippen LogP contribution in [-0.4, -0.2) is 15.5 Å². The number of ether oxygens (including phenoxy) is 1. The third-order valence-corrected chi connectivity index (χ3v) is 4.49. The number of sulfonamides is 1. The van der Waals surface area contributed by atoms with E-state index in [0.717, 1.165) is 11.1 Å². The van der Waals surface area contributed by atoms with E-state index < -0.39 is 10.0 Å². The van der Waals surface area contributed by atoms with Crippen molar-refractivity contribution < 1.29 is 13.2 Å². The van der Waals surface area contributed by atoms with Crippen LogP contribution in [-0.2, 0) is 10.0 Å². The van der Waals surface area contributed by atoms with Gasteiger partial charge in [-0.25, -0.2) is 8.42 Å². The van der Waals surface area contributed by atoms with E-state index in [-0.39, 0.29) is 10.6 Å². The van der Waals surface area contributed by atoms with Gasteiger partial charge in [-0.3, -0.25) is 4.72 Å². The van der Waals surface area contributed by atoms with Crippen LogP contribution in [0, 0.1) is 13.8 Å². The largest absolute Gasteiger partial charge is 0.495 e. The van der Waals surface area contributed by atoms with Crippen molar-refractivity contribution in [3.05, 3.63) is 47.5 Å². The molecule has 5 nitrogen and oxygen atoms in total. The van der Waals surface area contributed by atoms with E-state index in [9.17, 15) is 8.42 Å². The molecule has 0 atom stereocenters. The van der Waals surface area contributed by atoms with Crippen molar-refractivity contribution in [2.24, 2.45) is 0 Å². The molecular weight excluding hydrogens is 288 g/mol. The Morgan fingerprint density at radius 3 is 2.43 bits per heavy atom. The first kappa shape index (κ1) is 15.2. The molecule has 112 valence electrons. The van der Waals surface area contributed by atoms with Crippen molar-refractivity contribution in [3.8, 4) is 5.75 Å². The molecule has 2 aromatic carbocycles. The molecule has 0 aliphatic heterocycles. The summed E-state index contributed by atoms with van der Waals surface area (Å²) in [6.45, 7) is 3.80. The molecule has 3 N–H and O–H groups in total. The summed E-state index contributed by atoms with van der Waals surface area (Å²) < 4.78 is 32.7. The number of nitrogens with one attached hydrogen (secondary N) is 1. The highest BCUT2D eigenvalue weighted by Gasteiger charge is 2.20.